The number of allylic oxidation sites excluding steroid dienone is 6. The molecule has 0 heterocycles. The van der Waals surface area contributed by atoms with Crippen LogP contribution in [0.2, 0.25) is 0 Å². The van der Waals surface area contributed by atoms with Crippen molar-refractivity contribution in [2.75, 3.05) is 0 Å². The summed E-state index contributed by atoms with van der Waals surface area (Å²) in [5, 5.41) is 0.916. The molecule has 0 fully saturated rings. The van der Waals surface area contributed by atoms with Crippen molar-refractivity contribution in [3.8, 4) is 0 Å². The van der Waals surface area contributed by atoms with E-state index in [1.54, 1.807) is 0 Å². The van der Waals surface area contributed by atoms with Crippen LogP contribution in [0.15, 0.2) is 34.9 Å². The highest BCUT2D eigenvalue weighted by Crippen LogP contribution is 2.15. The fourth-order valence-electron chi connectivity index (χ4n) is 0.880. The molecule has 0 nitrogen and oxygen atoms in total. The van der Waals surface area contributed by atoms with Crippen LogP contribution in [-0.2, 0) is 0 Å². The van der Waals surface area contributed by atoms with Crippen molar-refractivity contribution < 1.29 is 0 Å². The molecule has 0 unspecified atom stereocenters. The van der Waals surface area contributed by atoms with Gasteiger partial charge in [-0.3, -0.25) is 0 Å². The van der Waals surface area contributed by atoms with Crippen molar-refractivity contribution in [2.24, 2.45) is 0 Å². The van der Waals surface area contributed by atoms with Crippen LogP contribution in [0.5, 0.6) is 0 Å². The molecule has 0 N–H and O–H groups in total. The lowest BCUT2D eigenvalue weighted by Crippen LogP contribution is -1.69. The van der Waals surface area contributed by atoms with Gasteiger partial charge in [0.15, 0.2) is 0 Å². The third kappa shape index (κ3) is 2.03. The Hall–Kier alpha value is -0.490. The van der Waals surface area contributed by atoms with E-state index < -0.39 is 0 Å². The van der Waals surface area contributed by atoms with E-state index in [4.69, 9.17) is 11.6 Å². The molecular weight excluding hydrogens is 144 g/mol. The van der Waals surface area contributed by atoms with E-state index in [-0.39, 0.29) is 0 Å². The molecule has 1 aliphatic carbocycles. The van der Waals surface area contributed by atoms with Crippen LogP contribution < -0.4 is 0 Å². The van der Waals surface area contributed by atoms with Crippen LogP contribution in [0.4, 0.5) is 0 Å². The average Bonchev–Trinajstić information content (AvgIpc) is 2.14. The summed E-state index contributed by atoms with van der Waals surface area (Å²) in [6, 6.07) is 0. The molecule has 0 spiro atoms. The molecule has 54 valence electrons. The predicted octanol–water partition coefficient (Wildman–Crippen LogP) is 3.41. The Labute approximate surface area is 66.9 Å². The summed E-state index contributed by atoms with van der Waals surface area (Å²) >= 11 is 5.81. The highest BCUT2D eigenvalue weighted by molar-refractivity contribution is 6.29. The van der Waals surface area contributed by atoms with Crippen molar-refractivity contribution in [3.05, 3.63) is 34.9 Å². The minimum atomic E-state index is 0.877. The van der Waals surface area contributed by atoms with Crippen LogP contribution in [-0.4, -0.2) is 0 Å². The van der Waals surface area contributed by atoms with E-state index in [2.05, 4.69) is 25.2 Å². The van der Waals surface area contributed by atoms with Crippen LogP contribution in [0, 0.1) is 0 Å². The first-order valence-corrected chi connectivity index (χ1v) is 3.92. The van der Waals surface area contributed by atoms with E-state index in [0.29, 0.717) is 0 Å². The number of hydrogen-bond donors (Lipinski definition) is 0. The van der Waals surface area contributed by atoms with Gasteiger partial charge in [0, 0.05) is 11.5 Å². The van der Waals surface area contributed by atoms with Gasteiger partial charge in [0.05, 0.1) is 0 Å². The summed E-state index contributed by atoms with van der Waals surface area (Å²) in [5.41, 5.74) is 1.34. The van der Waals surface area contributed by atoms with Crippen molar-refractivity contribution in [2.45, 2.75) is 19.8 Å². The molecule has 0 saturated heterocycles. The number of hydrogen-bond acceptors (Lipinski definition) is 0. The van der Waals surface area contributed by atoms with Crippen molar-refractivity contribution in [3.63, 3.8) is 0 Å². The Morgan fingerprint density at radius 2 is 2.30 bits per heavy atom. The second-order valence-electron chi connectivity index (χ2n) is 2.32. The molecule has 0 atom stereocenters. The maximum absolute atomic E-state index is 5.81. The molecule has 0 saturated carbocycles. The van der Waals surface area contributed by atoms with Gasteiger partial charge in [-0.15, -0.1) is 0 Å². The average molecular weight is 155 g/mol. The normalized spacial score (nSPS) is 17.8. The third-order valence-electron chi connectivity index (χ3n) is 1.53. The van der Waals surface area contributed by atoms with Gasteiger partial charge in [0.25, 0.3) is 0 Å². The Bertz CT molecular complexity index is 197. The molecule has 1 rings (SSSR count). The Morgan fingerprint density at radius 1 is 1.50 bits per heavy atom. The molecule has 0 aromatic rings. The smallest absolute Gasteiger partial charge is 0.0218 e. The van der Waals surface area contributed by atoms with E-state index >= 15 is 0 Å². The van der Waals surface area contributed by atoms with Gasteiger partial charge in [0.2, 0.25) is 0 Å². The maximum Gasteiger partial charge on any atom is 0.0218 e. The number of halogens is 1. The molecule has 0 aromatic heterocycles. The first-order chi connectivity index (χ1) is 4.83. The van der Waals surface area contributed by atoms with Crippen LogP contribution >= 0.6 is 11.6 Å². The summed E-state index contributed by atoms with van der Waals surface area (Å²) in [4.78, 5) is 0. The number of rotatable bonds is 1. The standard InChI is InChI=1S/C9H11Cl/c1-2-8-4-3-5-9(10)7-6-8/h3-4,6-7H,2,5H2,1H3. The Kier molecular flexibility index (Phi) is 2.76. The summed E-state index contributed by atoms with van der Waals surface area (Å²) in [5.74, 6) is 0. The summed E-state index contributed by atoms with van der Waals surface area (Å²) < 4.78 is 0. The van der Waals surface area contributed by atoms with E-state index in [1.807, 2.05) is 6.08 Å². The molecule has 0 aliphatic heterocycles. The fourth-order valence-corrected chi connectivity index (χ4v) is 1.03. The molecule has 0 radical (unpaired) electrons. The van der Waals surface area contributed by atoms with Crippen LogP contribution in [0.25, 0.3) is 0 Å². The Morgan fingerprint density at radius 3 is 3.00 bits per heavy atom. The SMILES string of the molecule is CCC1=CC=C(Cl)CC=C1. The molecule has 10 heavy (non-hydrogen) atoms. The largest absolute Gasteiger partial charge is 0.0888 e. The zero-order valence-corrected chi connectivity index (χ0v) is 6.86. The zero-order chi connectivity index (χ0) is 7.40. The van der Waals surface area contributed by atoms with Gasteiger partial charge in [-0.25, -0.2) is 0 Å². The second-order valence-corrected chi connectivity index (χ2v) is 2.80. The van der Waals surface area contributed by atoms with Crippen molar-refractivity contribution in [1.29, 1.82) is 0 Å². The minimum absolute atomic E-state index is 0.877. The van der Waals surface area contributed by atoms with Crippen LogP contribution in [0.3, 0.4) is 0 Å². The van der Waals surface area contributed by atoms with Gasteiger partial charge in [-0.05, 0) is 18.1 Å². The molecule has 0 bridgehead atoms. The Balaban J connectivity index is 2.75. The van der Waals surface area contributed by atoms with Gasteiger partial charge in [-0.1, -0.05) is 36.8 Å². The van der Waals surface area contributed by atoms with E-state index in [0.717, 1.165) is 17.9 Å². The van der Waals surface area contributed by atoms with E-state index in [1.165, 1.54) is 5.57 Å². The zero-order valence-electron chi connectivity index (χ0n) is 6.10. The summed E-state index contributed by atoms with van der Waals surface area (Å²) in [6.45, 7) is 2.14. The lowest BCUT2D eigenvalue weighted by Gasteiger charge is -1.89. The van der Waals surface area contributed by atoms with Gasteiger partial charge in [-0.2, -0.15) is 0 Å². The second kappa shape index (κ2) is 3.62. The molecule has 1 aliphatic rings. The molecule has 0 aromatic carbocycles. The van der Waals surface area contributed by atoms with Gasteiger partial charge >= 0.3 is 0 Å². The summed E-state index contributed by atoms with van der Waals surface area (Å²) in [7, 11) is 0. The predicted molar refractivity (Wildman–Crippen MR) is 46.1 cm³/mol. The van der Waals surface area contributed by atoms with Gasteiger partial charge < -0.3 is 0 Å². The maximum atomic E-state index is 5.81. The topological polar surface area (TPSA) is 0 Å². The van der Waals surface area contributed by atoms with Crippen molar-refractivity contribution in [1.82, 2.24) is 0 Å². The van der Waals surface area contributed by atoms with Crippen molar-refractivity contribution >= 4 is 11.6 Å². The van der Waals surface area contributed by atoms with Gasteiger partial charge in [0.1, 0.15) is 0 Å². The van der Waals surface area contributed by atoms with Crippen LogP contribution in [0.1, 0.15) is 19.8 Å². The quantitative estimate of drug-likeness (QED) is 0.543. The molecule has 1 heteroatoms. The first kappa shape index (κ1) is 7.62. The third-order valence-corrected chi connectivity index (χ3v) is 1.81. The monoisotopic (exact) mass is 154 g/mol. The lowest BCUT2D eigenvalue weighted by molar-refractivity contribution is 1.15. The molecule has 0 amide bonds. The fraction of sp³-hybridized carbons (Fsp3) is 0.333. The lowest BCUT2D eigenvalue weighted by atomic mass is 10.2. The minimum Gasteiger partial charge on any atom is -0.0888 e. The highest BCUT2D eigenvalue weighted by atomic mass is 35.5. The van der Waals surface area contributed by atoms with E-state index in [9.17, 15) is 0 Å². The summed E-state index contributed by atoms with van der Waals surface area (Å²) in [6.07, 6.45) is 10.2. The first-order valence-electron chi connectivity index (χ1n) is 3.54. The highest BCUT2D eigenvalue weighted by Gasteiger charge is 1.93. The molecular formula is C9H11Cl.